The number of ether oxygens (including phenoxy) is 2. The number of pyridine rings is 1. The molecule has 0 saturated carbocycles. The molecule has 1 amide bonds. The van der Waals surface area contributed by atoms with Crippen LogP contribution in [-0.2, 0) is 9.53 Å². The topological polar surface area (TPSA) is 77.5 Å². The number of carbonyl (C=O) groups is 2. The molecule has 1 N–H and O–H groups in total. The molecule has 0 bridgehead atoms. The molecule has 0 unspecified atom stereocenters. The van der Waals surface area contributed by atoms with Gasteiger partial charge in [0.1, 0.15) is 11.1 Å². The zero-order valence-corrected chi connectivity index (χ0v) is 15.3. The first-order valence-corrected chi connectivity index (χ1v) is 8.24. The Bertz CT molecular complexity index is 636. The van der Waals surface area contributed by atoms with Gasteiger partial charge in [0, 0.05) is 6.20 Å². The minimum atomic E-state index is -4.54. The number of nitrogens with zero attached hydrogens (tertiary/aromatic N) is 1. The van der Waals surface area contributed by atoms with E-state index in [9.17, 15) is 22.8 Å². The third-order valence-electron chi connectivity index (χ3n) is 3.70. The number of hydrogen-bond donors (Lipinski definition) is 1. The maximum absolute atomic E-state index is 12.4. The summed E-state index contributed by atoms with van der Waals surface area (Å²) in [5.41, 5.74) is -0.0192. The quantitative estimate of drug-likeness (QED) is 0.681. The van der Waals surface area contributed by atoms with E-state index in [0.717, 1.165) is 12.3 Å². The smallest absolute Gasteiger partial charge is 0.422 e. The first-order valence-electron chi connectivity index (χ1n) is 7.86. The van der Waals surface area contributed by atoms with Crippen LogP contribution in [0.1, 0.15) is 37.0 Å². The maximum Gasteiger partial charge on any atom is 0.422 e. The van der Waals surface area contributed by atoms with Crippen LogP contribution in [0.15, 0.2) is 12.3 Å². The Labute approximate surface area is 154 Å². The van der Waals surface area contributed by atoms with Crippen molar-refractivity contribution in [1.82, 2.24) is 10.3 Å². The van der Waals surface area contributed by atoms with Crippen LogP contribution in [0.5, 0.6) is 5.88 Å². The van der Waals surface area contributed by atoms with E-state index in [2.05, 4.69) is 15.0 Å². The summed E-state index contributed by atoms with van der Waals surface area (Å²) in [6.45, 7) is 2.20. The number of methoxy groups -OCH3 is 1. The monoisotopic (exact) mass is 396 g/mol. The normalized spacial score (nSPS) is 12.6. The van der Waals surface area contributed by atoms with Gasteiger partial charge in [-0.15, -0.1) is 0 Å². The first kappa shape index (κ1) is 22.0. The fourth-order valence-corrected chi connectivity index (χ4v) is 2.51. The van der Waals surface area contributed by atoms with Crippen molar-refractivity contribution in [3.8, 4) is 5.88 Å². The van der Waals surface area contributed by atoms with Crippen molar-refractivity contribution in [2.45, 2.75) is 38.9 Å². The van der Waals surface area contributed by atoms with Gasteiger partial charge in [0.05, 0.1) is 12.7 Å². The number of aromatic nitrogens is 1. The van der Waals surface area contributed by atoms with Gasteiger partial charge in [0.25, 0.3) is 5.91 Å². The average Bonchev–Trinajstić information content (AvgIpc) is 2.59. The van der Waals surface area contributed by atoms with Crippen LogP contribution in [0.2, 0.25) is 5.02 Å². The second-order valence-corrected chi connectivity index (χ2v) is 5.87. The van der Waals surface area contributed by atoms with Crippen LogP contribution in [-0.4, -0.2) is 42.8 Å². The van der Waals surface area contributed by atoms with Crippen LogP contribution >= 0.6 is 11.6 Å². The van der Waals surface area contributed by atoms with Gasteiger partial charge < -0.3 is 14.8 Å². The Balaban J connectivity index is 2.91. The fraction of sp³-hybridized carbons (Fsp3) is 0.562. The lowest BCUT2D eigenvalue weighted by Gasteiger charge is -2.24. The second kappa shape index (κ2) is 9.61. The SMILES string of the molecule is CCC(CC)[C@H](NC(=O)c1cnc(OCC(F)(F)F)c(Cl)c1)C(=O)OC. The van der Waals surface area contributed by atoms with Crippen LogP contribution in [0.25, 0.3) is 0 Å². The Kier molecular flexibility index (Phi) is 8.13. The molecule has 0 radical (unpaired) electrons. The van der Waals surface area contributed by atoms with Crippen molar-refractivity contribution in [2.24, 2.45) is 5.92 Å². The van der Waals surface area contributed by atoms with Crippen LogP contribution in [0.4, 0.5) is 13.2 Å². The summed E-state index contributed by atoms with van der Waals surface area (Å²) >= 11 is 5.82. The number of alkyl halides is 3. The maximum atomic E-state index is 12.4. The summed E-state index contributed by atoms with van der Waals surface area (Å²) in [4.78, 5) is 27.9. The molecule has 1 heterocycles. The van der Waals surface area contributed by atoms with Gasteiger partial charge in [-0.05, 0) is 12.0 Å². The molecule has 0 aliphatic rings. The van der Waals surface area contributed by atoms with E-state index < -0.39 is 36.6 Å². The van der Waals surface area contributed by atoms with Gasteiger partial charge in [0.2, 0.25) is 5.88 Å². The standard InChI is InChI=1S/C16H20ClF3N2O4/c1-4-9(5-2)12(15(24)25-3)22-13(23)10-6-11(17)14(21-7-10)26-8-16(18,19)20/h6-7,9,12H,4-5,8H2,1-3H3,(H,22,23)/t12-/m0/s1. The molecule has 6 nitrogen and oxygen atoms in total. The van der Waals surface area contributed by atoms with Gasteiger partial charge in [-0.25, -0.2) is 9.78 Å². The van der Waals surface area contributed by atoms with Crippen LogP contribution in [0, 0.1) is 5.92 Å². The van der Waals surface area contributed by atoms with E-state index in [4.69, 9.17) is 16.3 Å². The molecule has 1 aromatic heterocycles. The number of esters is 1. The summed E-state index contributed by atoms with van der Waals surface area (Å²) in [7, 11) is 1.22. The summed E-state index contributed by atoms with van der Waals surface area (Å²) in [5.74, 6) is -1.81. The number of amides is 1. The number of nitrogens with one attached hydrogen (secondary N) is 1. The van der Waals surface area contributed by atoms with Gasteiger partial charge in [0.15, 0.2) is 6.61 Å². The zero-order valence-electron chi connectivity index (χ0n) is 14.5. The predicted octanol–water partition coefficient (Wildman–Crippen LogP) is 3.38. The number of halogens is 4. The molecular formula is C16H20ClF3N2O4. The summed E-state index contributed by atoms with van der Waals surface area (Å²) in [6.07, 6.45) is -2.24. The predicted molar refractivity (Wildman–Crippen MR) is 88.1 cm³/mol. The van der Waals surface area contributed by atoms with E-state index in [-0.39, 0.29) is 16.5 Å². The number of hydrogen-bond acceptors (Lipinski definition) is 5. The van der Waals surface area contributed by atoms with Gasteiger partial charge >= 0.3 is 12.1 Å². The molecular weight excluding hydrogens is 377 g/mol. The van der Waals surface area contributed by atoms with Gasteiger partial charge in [-0.1, -0.05) is 38.3 Å². The number of rotatable bonds is 8. The minimum absolute atomic E-state index is 0.0192. The van der Waals surface area contributed by atoms with Crippen LogP contribution < -0.4 is 10.1 Å². The van der Waals surface area contributed by atoms with Crippen molar-refractivity contribution in [2.75, 3.05) is 13.7 Å². The largest absolute Gasteiger partial charge is 0.467 e. The first-order chi connectivity index (χ1) is 12.1. The molecule has 1 aromatic rings. The molecule has 10 heteroatoms. The summed E-state index contributed by atoms with van der Waals surface area (Å²) in [6, 6.07) is 0.263. The summed E-state index contributed by atoms with van der Waals surface area (Å²) in [5, 5.41) is 2.31. The van der Waals surface area contributed by atoms with Crippen molar-refractivity contribution in [3.05, 3.63) is 22.8 Å². The Morgan fingerprint density at radius 1 is 1.31 bits per heavy atom. The van der Waals surface area contributed by atoms with Gasteiger partial charge in [-0.3, -0.25) is 4.79 Å². The molecule has 0 fully saturated rings. The molecule has 0 aliphatic heterocycles. The fourth-order valence-electron chi connectivity index (χ4n) is 2.29. The molecule has 0 aromatic carbocycles. The molecule has 0 aliphatic carbocycles. The van der Waals surface area contributed by atoms with Crippen molar-refractivity contribution >= 4 is 23.5 Å². The minimum Gasteiger partial charge on any atom is -0.467 e. The van der Waals surface area contributed by atoms with E-state index in [1.807, 2.05) is 13.8 Å². The van der Waals surface area contributed by atoms with Crippen molar-refractivity contribution in [3.63, 3.8) is 0 Å². The molecule has 1 atom stereocenters. The summed E-state index contributed by atoms with van der Waals surface area (Å²) < 4.78 is 45.7. The highest BCUT2D eigenvalue weighted by molar-refractivity contribution is 6.32. The molecule has 0 spiro atoms. The molecule has 146 valence electrons. The third kappa shape index (κ3) is 6.36. The highest BCUT2D eigenvalue weighted by Crippen LogP contribution is 2.25. The lowest BCUT2D eigenvalue weighted by molar-refractivity contribution is -0.154. The Morgan fingerprint density at radius 3 is 2.38 bits per heavy atom. The highest BCUT2D eigenvalue weighted by Gasteiger charge is 2.30. The van der Waals surface area contributed by atoms with E-state index >= 15 is 0 Å². The zero-order chi connectivity index (χ0) is 19.9. The second-order valence-electron chi connectivity index (χ2n) is 5.47. The Morgan fingerprint density at radius 2 is 1.92 bits per heavy atom. The van der Waals surface area contributed by atoms with E-state index in [1.165, 1.54) is 7.11 Å². The number of carbonyl (C=O) groups excluding carboxylic acids is 2. The Hall–Kier alpha value is -2.03. The van der Waals surface area contributed by atoms with Crippen LogP contribution in [0.3, 0.4) is 0 Å². The van der Waals surface area contributed by atoms with Crippen molar-refractivity contribution in [1.29, 1.82) is 0 Å². The van der Waals surface area contributed by atoms with Gasteiger partial charge in [-0.2, -0.15) is 13.2 Å². The average molecular weight is 397 g/mol. The molecule has 26 heavy (non-hydrogen) atoms. The molecule has 0 saturated heterocycles. The molecule has 1 rings (SSSR count). The third-order valence-corrected chi connectivity index (χ3v) is 3.97. The van der Waals surface area contributed by atoms with Crippen molar-refractivity contribution < 1.29 is 32.2 Å². The van der Waals surface area contributed by atoms with E-state index in [1.54, 1.807) is 0 Å². The lowest BCUT2D eigenvalue weighted by Crippen LogP contribution is -2.46. The lowest BCUT2D eigenvalue weighted by atomic mass is 9.94. The van der Waals surface area contributed by atoms with E-state index in [0.29, 0.717) is 12.8 Å². The highest BCUT2D eigenvalue weighted by atomic mass is 35.5.